The lowest BCUT2D eigenvalue weighted by Gasteiger charge is -2.19. The van der Waals surface area contributed by atoms with Crippen molar-refractivity contribution in [2.75, 3.05) is 20.2 Å². The minimum absolute atomic E-state index is 0.0161. The first-order valence-electron chi connectivity index (χ1n) is 6.93. The van der Waals surface area contributed by atoms with Gasteiger partial charge in [-0.1, -0.05) is 13.8 Å². The van der Waals surface area contributed by atoms with Crippen molar-refractivity contribution in [3.63, 3.8) is 0 Å². The molecule has 19 heavy (non-hydrogen) atoms. The molecule has 3 nitrogen and oxygen atoms in total. The number of rotatable bonds is 7. The van der Waals surface area contributed by atoms with Gasteiger partial charge in [0.15, 0.2) is 5.78 Å². The second kappa shape index (κ2) is 7.29. The van der Waals surface area contributed by atoms with Crippen molar-refractivity contribution in [1.82, 2.24) is 5.32 Å². The fourth-order valence-corrected chi connectivity index (χ4v) is 2.19. The summed E-state index contributed by atoms with van der Waals surface area (Å²) in [6.45, 7) is 9.46. The Morgan fingerprint density at radius 3 is 2.53 bits per heavy atom. The molecule has 106 valence electrons. The van der Waals surface area contributed by atoms with Crippen molar-refractivity contribution in [3.05, 3.63) is 29.3 Å². The number of Topliss-reactive ketones (excluding diaryl/α,β-unsaturated/α-hetero) is 1. The molecule has 1 rings (SSSR count). The van der Waals surface area contributed by atoms with E-state index < -0.39 is 0 Å². The maximum absolute atomic E-state index is 12.5. The van der Waals surface area contributed by atoms with Crippen LogP contribution >= 0.6 is 0 Å². The second-order valence-corrected chi connectivity index (χ2v) is 5.19. The van der Waals surface area contributed by atoms with Crippen LogP contribution in [0.2, 0.25) is 0 Å². The molecule has 1 atom stereocenters. The van der Waals surface area contributed by atoms with Crippen LogP contribution in [0.25, 0.3) is 0 Å². The van der Waals surface area contributed by atoms with Gasteiger partial charge in [0.25, 0.3) is 0 Å². The molecule has 1 N–H and O–H groups in total. The summed E-state index contributed by atoms with van der Waals surface area (Å²) in [6, 6.07) is 5.69. The molecule has 0 aliphatic carbocycles. The van der Waals surface area contributed by atoms with Gasteiger partial charge in [-0.05, 0) is 50.6 Å². The van der Waals surface area contributed by atoms with Gasteiger partial charge in [0.05, 0.1) is 6.61 Å². The van der Waals surface area contributed by atoms with E-state index in [0.717, 1.165) is 16.9 Å². The first-order chi connectivity index (χ1) is 9.01. The third kappa shape index (κ3) is 4.06. The van der Waals surface area contributed by atoms with Crippen LogP contribution in [0.1, 0.15) is 36.7 Å². The summed E-state index contributed by atoms with van der Waals surface area (Å²) in [5.74, 6) is 1.40. The smallest absolute Gasteiger partial charge is 0.167 e. The first-order valence-corrected chi connectivity index (χ1v) is 6.93. The zero-order valence-electron chi connectivity index (χ0n) is 12.6. The van der Waals surface area contributed by atoms with Gasteiger partial charge in [0.2, 0.25) is 0 Å². The van der Waals surface area contributed by atoms with E-state index in [9.17, 15) is 4.79 Å². The van der Waals surface area contributed by atoms with Crippen molar-refractivity contribution in [1.29, 1.82) is 0 Å². The number of carbonyl (C=O) groups is 1. The number of ketones is 1. The molecular weight excluding hydrogens is 238 g/mol. The summed E-state index contributed by atoms with van der Waals surface area (Å²) in [6.07, 6.45) is 0. The molecule has 0 aliphatic heterocycles. The molecule has 3 heteroatoms. The van der Waals surface area contributed by atoms with Gasteiger partial charge in [0.1, 0.15) is 5.75 Å². The predicted molar refractivity (Wildman–Crippen MR) is 78.9 cm³/mol. The number of benzene rings is 1. The number of ether oxygens (including phenoxy) is 1. The SMILES string of the molecule is CCOc1ccc(C(=O)C(CNC)C(C)C)cc1C. The van der Waals surface area contributed by atoms with Crippen molar-refractivity contribution in [3.8, 4) is 5.75 Å². The average Bonchev–Trinajstić information content (AvgIpc) is 2.37. The monoisotopic (exact) mass is 263 g/mol. The Balaban J connectivity index is 2.95. The second-order valence-electron chi connectivity index (χ2n) is 5.19. The zero-order chi connectivity index (χ0) is 14.4. The highest BCUT2D eigenvalue weighted by molar-refractivity contribution is 5.98. The van der Waals surface area contributed by atoms with Crippen LogP contribution in [-0.2, 0) is 0 Å². The van der Waals surface area contributed by atoms with Crippen LogP contribution < -0.4 is 10.1 Å². The highest BCUT2D eigenvalue weighted by Crippen LogP contribution is 2.23. The Bertz CT molecular complexity index is 427. The average molecular weight is 263 g/mol. The topological polar surface area (TPSA) is 38.3 Å². The molecule has 0 aliphatic rings. The highest BCUT2D eigenvalue weighted by atomic mass is 16.5. The van der Waals surface area contributed by atoms with E-state index in [1.807, 2.05) is 39.1 Å². The Labute approximate surface area is 116 Å². The van der Waals surface area contributed by atoms with Gasteiger partial charge >= 0.3 is 0 Å². The lowest BCUT2D eigenvalue weighted by atomic mass is 9.87. The molecule has 0 aromatic heterocycles. The van der Waals surface area contributed by atoms with Gasteiger partial charge in [-0.15, -0.1) is 0 Å². The van der Waals surface area contributed by atoms with Gasteiger partial charge in [-0.25, -0.2) is 0 Å². The van der Waals surface area contributed by atoms with Gasteiger partial charge in [-0.3, -0.25) is 4.79 Å². The van der Waals surface area contributed by atoms with E-state index in [2.05, 4.69) is 19.2 Å². The summed E-state index contributed by atoms with van der Waals surface area (Å²) in [7, 11) is 1.88. The Hall–Kier alpha value is -1.35. The van der Waals surface area contributed by atoms with E-state index in [-0.39, 0.29) is 11.7 Å². The lowest BCUT2D eigenvalue weighted by molar-refractivity contribution is 0.0886. The minimum atomic E-state index is 0.0161. The van der Waals surface area contributed by atoms with Crippen molar-refractivity contribution >= 4 is 5.78 Å². The normalized spacial score (nSPS) is 12.5. The van der Waals surface area contributed by atoms with E-state index >= 15 is 0 Å². The van der Waals surface area contributed by atoms with Gasteiger partial charge in [-0.2, -0.15) is 0 Å². The Morgan fingerprint density at radius 2 is 2.05 bits per heavy atom. The molecule has 0 radical (unpaired) electrons. The largest absolute Gasteiger partial charge is 0.494 e. The molecule has 1 aromatic rings. The maximum atomic E-state index is 12.5. The fraction of sp³-hybridized carbons (Fsp3) is 0.562. The molecule has 0 amide bonds. The van der Waals surface area contributed by atoms with Crippen LogP contribution in [0.3, 0.4) is 0 Å². The number of carbonyl (C=O) groups excluding carboxylic acids is 1. The molecule has 1 unspecified atom stereocenters. The molecule has 0 bridgehead atoms. The maximum Gasteiger partial charge on any atom is 0.167 e. The van der Waals surface area contributed by atoms with Gasteiger partial charge in [0, 0.05) is 18.0 Å². The summed E-state index contributed by atoms with van der Waals surface area (Å²) < 4.78 is 5.50. The quantitative estimate of drug-likeness (QED) is 0.768. The van der Waals surface area contributed by atoms with Crippen LogP contribution in [0.4, 0.5) is 0 Å². The molecule has 0 heterocycles. The Morgan fingerprint density at radius 1 is 1.37 bits per heavy atom. The van der Waals surface area contributed by atoms with Crippen molar-refractivity contribution in [2.24, 2.45) is 11.8 Å². The molecule has 1 aromatic carbocycles. The summed E-state index contributed by atoms with van der Waals surface area (Å²) in [5.41, 5.74) is 1.79. The molecule has 0 saturated heterocycles. The zero-order valence-corrected chi connectivity index (χ0v) is 12.6. The highest BCUT2D eigenvalue weighted by Gasteiger charge is 2.23. The van der Waals surface area contributed by atoms with Crippen molar-refractivity contribution < 1.29 is 9.53 Å². The lowest BCUT2D eigenvalue weighted by Crippen LogP contribution is -2.30. The third-order valence-electron chi connectivity index (χ3n) is 3.32. The summed E-state index contributed by atoms with van der Waals surface area (Å²) in [5, 5.41) is 3.10. The number of aryl methyl sites for hydroxylation is 1. The standard InChI is InChI=1S/C16H25NO2/c1-6-19-15-8-7-13(9-12(15)4)16(18)14(10-17-5)11(2)3/h7-9,11,14,17H,6,10H2,1-5H3. The fourth-order valence-electron chi connectivity index (χ4n) is 2.19. The third-order valence-corrected chi connectivity index (χ3v) is 3.32. The van der Waals surface area contributed by atoms with E-state index in [1.165, 1.54) is 0 Å². The number of nitrogens with one attached hydrogen (secondary N) is 1. The van der Waals surface area contributed by atoms with E-state index in [0.29, 0.717) is 19.1 Å². The van der Waals surface area contributed by atoms with E-state index in [4.69, 9.17) is 4.74 Å². The van der Waals surface area contributed by atoms with Crippen LogP contribution in [0.15, 0.2) is 18.2 Å². The summed E-state index contributed by atoms with van der Waals surface area (Å²) in [4.78, 5) is 12.5. The predicted octanol–water partition coefficient (Wildman–Crippen LogP) is 3.07. The molecule has 0 saturated carbocycles. The van der Waals surface area contributed by atoms with Crippen LogP contribution in [0.5, 0.6) is 5.75 Å². The number of hydrogen-bond donors (Lipinski definition) is 1. The minimum Gasteiger partial charge on any atom is -0.494 e. The molecular formula is C16H25NO2. The van der Waals surface area contributed by atoms with Crippen LogP contribution in [-0.4, -0.2) is 26.0 Å². The van der Waals surface area contributed by atoms with E-state index in [1.54, 1.807) is 0 Å². The van der Waals surface area contributed by atoms with Crippen molar-refractivity contribution in [2.45, 2.75) is 27.7 Å². The Kier molecular flexibility index (Phi) is 6.03. The van der Waals surface area contributed by atoms with Gasteiger partial charge < -0.3 is 10.1 Å². The van der Waals surface area contributed by atoms with Crippen LogP contribution in [0, 0.1) is 18.8 Å². The summed E-state index contributed by atoms with van der Waals surface area (Å²) >= 11 is 0. The number of hydrogen-bond acceptors (Lipinski definition) is 3. The first kappa shape index (κ1) is 15.7. The molecule has 0 fully saturated rings. The molecule has 0 spiro atoms.